The molecule has 0 aliphatic carbocycles. The second-order valence-electron chi connectivity index (χ2n) is 14.5. The monoisotopic (exact) mass is 628 g/mol. The molecular formula is C37H48O5Si2. The maximum atomic E-state index is 12.8. The number of aldehydes is 1. The molecular weight excluding hydrogens is 581 g/mol. The summed E-state index contributed by atoms with van der Waals surface area (Å²) >= 11 is 0. The second kappa shape index (κ2) is 12.8. The number of hydrogen-bond acceptors (Lipinski definition) is 5. The van der Waals surface area contributed by atoms with E-state index in [0.29, 0.717) is 47.2 Å². The average molecular weight is 629 g/mol. The van der Waals surface area contributed by atoms with Crippen LogP contribution >= 0.6 is 0 Å². The van der Waals surface area contributed by atoms with Crippen molar-refractivity contribution >= 4 is 33.7 Å². The molecule has 0 fully saturated rings. The van der Waals surface area contributed by atoms with E-state index in [1.165, 1.54) is 0 Å². The maximum absolute atomic E-state index is 12.8. The maximum Gasteiger partial charge on any atom is 0.250 e. The van der Waals surface area contributed by atoms with E-state index in [2.05, 4.69) is 67.7 Å². The minimum Gasteiger partial charge on any atom is -0.543 e. The molecule has 4 aromatic carbocycles. The summed E-state index contributed by atoms with van der Waals surface area (Å²) in [6, 6.07) is 25.9. The summed E-state index contributed by atoms with van der Waals surface area (Å²) in [5, 5.41) is 1.30. The Morgan fingerprint density at radius 3 is 1.45 bits per heavy atom. The Kier molecular flexibility index (Phi) is 9.71. The Hall–Kier alpha value is -3.56. The Morgan fingerprint density at radius 2 is 1.02 bits per heavy atom. The summed E-state index contributed by atoms with van der Waals surface area (Å²) in [6.45, 7) is 22.7. The molecule has 0 bridgehead atoms. The van der Waals surface area contributed by atoms with Gasteiger partial charge in [-0.25, -0.2) is 0 Å². The summed E-state index contributed by atoms with van der Waals surface area (Å²) in [4.78, 5) is 12.8. The topological polar surface area (TPSA) is 54.0 Å². The van der Waals surface area contributed by atoms with Crippen LogP contribution in [-0.2, 0) is 13.2 Å². The van der Waals surface area contributed by atoms with Gasteiger partial charge < -0.3 is 18.3 Å². The highest BCUT2D eigenvalue weighted by Gasteiger charge is 2.42. The Labute approximate surface area is 265 Å². The van der Waals surface area contributed by atoms with Crippen molar-refractivity contribution in [1.29, 1.82) is 0 Å². The minimum absolute atomic E-state index is 0.0660. The minimum atomic E-state index is -2.39. The van der Waals surface area contributed by atoms with Crippen molar-refractivity contribution in [1.82, 2.24) is 0 Å². The lowest BCUT2D eigenvalue weighted by molar-refractivity contribution is 0.112. The fourth-order valence-corrected chi connectivity index (χ4v) is 6.34. The molecule has 0 aliphatic rings. The molecule has 234 valence electrons. The zero-order valence-corrected chi connectivity index (χ0v) is 30.0. The van der Waals surface area contributed by atoms with Crippen LogP contribution < -0.4 is 18.3 Å². The molecule has 0 atom stereocenters. The molecule has 0 spiro atoms. The number of hydrogen-bond donors (Lipinski definition) is 0. The predicted molar refractivity (Wildman–Crippen MR) is 187 cm³/mol. The normalized spacial score (nSPS) is 12.6. The number of benzene rings is 4. The number of rotatable bonds is 11. The SMILES string of the molecule is CC(C)(C)[Si](C)(C)Oc1cc(C=O)c(O[Si](C)(C)C(C)(C)C)c2c(OCc3ccccc3)ccc(OCc3ccccc3)c12. The predicted octanol–water partition coefficient (Wildman–Crippen LogP) is 10.6. The van der Waals surface area contributed by atoms with Gasteiger partial charge in [0.05, 0.1) is 16.3 Å². The molecule has 0 N–H and O–H groups in total. The van der Waals surface area contributed by atoms with Gasteiger partial charge in [-0.05, 0) is 65.6 Å². The molecule has 0 saturated heterocycles. The first-order valence-electron chi connectivity index (χ1n) is 15.3. The van der Waals surface area contributed by atoms with Crippen molar-refractivity contribution < 1.29 is 23.1 Å². The largest absolute Gasteiger partial charge is 0.543 e. The van der Waals surface area contributed by atoms with Crippen molar-refractivity contribution in [2.45, 2.75) is 91.0 Å². The molecule has 0 unspecified atom stereocenters. The van der Waals surface area contributed by atoms with E-state index in [1.807, 2.05) is 78.9 Å². The average Bonchev–Trinajstić information content (AvgIpc) is 2.95. The van der Waals surface area contributed by atoms with Crippen molar-refractivity contribution in [3.63, 3.8) is 0 Å². The van der Waals surface area contributed by atoms with Gasteiger partial charge in [0.2, 0.25) is 0 Å². The second-order valence-corrected chi connectivity index (χ2v) is 23.9. The number of carbonyl (C=O) groups excluding carboxylic acids is 1. The van der Waals surface area contributed by atoms with Crippen molar-refractivity contribution in [2.75, 3.05) is 0 Å². The molecule has 7 heteroatoms. The highest BCUT2D eigenvalue weighted by Crippen LogP contribution is 2.50. The summed E-state index contributed by atoms with van der Waals surface area (Å²) in [6.07, 6.45) is 0.874. The van der Waals surface area contributed by atoms with E-state index in [-0.39, 0.29) is 10.1 Å². The first kappa shape index (κ1) is 33.3. The number of fused-ring (bicyclic) bond motifs is 1. The van der Waals surface area contributed by atoms with E-state index < -0.39 is 16.6 Å². The molecule has 0 saturated carbocycles. The van der Waals surface area contributed by atoms with Crippen molar-refractivity contribution in [2.24, 2.45) is 0 Å². The zero-order valence-electron chi connectivity index (χ0n) is 28.0. The Balaban J connectivity index is 2.01. The molecule has 0 aliphatic heterocycles. The zero-order chi connectivity index (χ0) is 32.3. The van der Waals surface area contributed by atoms with E-state index in [9.17, 15) is 4.79 Å². The fraction of sp³-hybridized carbons (Fsp3) is 0.378. The quantitative estimate of drug-likeness (QED) is 0.122. The van der Waals surface area contributed by atoms with E-state index in [1.54, 1.807) is 0 Å². The van der Waals surface area contributed by atoms with Gasteiger partial charge in [0.15, 0.2) is 6.29 Å². The molecule has 0 radical (unpaired) electrons. The highest BCUT2D eigenvalue weighted by molar-refractivity contribution is 6.75. The van der Waals surface area contributed by atoms with Crippen LogP contribution in [-0.4, -0.2) is 22.9 Å². The molecule has 0 amide bonds. The molecule has 0 heterocycles. The van der Waals surface area contributed by atoms with Gasteiger partial charge in [0.1, 0.15) is 36.2 Å². The standard InChI is InChI=1S/C37H48O5Si2/c1-36(2,3)43(7,8)41-32-23-29(24-38)35(42-44(9,10)37(4,5)6)34-31(40-26-28-19-15-12-16-20-28)22-21-30(33(32)34)39-25-27-17-13-11-14-18-27/h11-24H,25-26H2,1-10H3. The molecule has 0 aromatic heterocycles. The lowest BCUT2D eigenvalue weighted by atomic mass is 10.0. The summed E-state index contributed by atoms with van der Waals surface area (Å²) < 4.78 is 27.1. The lowest BCUT2D eigenvalue weighted by Gasteiger charge is -2.39. The van der Waals surface area contributed by atoms with Gasteiger partial charge >= 0.3 is 0 Å². The molecule has 5 nitrogen and oxygen atoms in total. The van der Waals surface area contributed by atoms with Crippen molar-refractivity contribution in [3.8, 4) is 23.0 Å². The van der Waals surface area contributed by atoms with E-state index in [0.717, 1.165) is 22.8 Å². The first-order valence-corrected chi connectivity index (χ1v) is 21.2. The number of carbonyl (C=O) groups is 1. The van der Waals surface area contributed by atoms with Gasteiger partial charge in [-0.2, -0.15) is 0 Å². The van der Waals surface area contributed by atoms with E-state index in [4.69, 9.17) is 18.3 Å². The highest BCUT2D eigenvalue weighted by atomic mass is 28.4. The summed E-state index contributed by atoms with van der Waals surface area (Å²) in [7, 11) is -4.73. The third-order valence-electron chi connectivity index (χ3n) is 9.09. The van der Waals surface area contributed by atoms with Gasteiger partial charge in [-0.1, -0.05) is 102 Å². The fourth-order valence-electron chi connectivity index (χ4n) is 4.28. The van der Waals surface area contributed by atoms with Gasteiger partial charge in [-0.3, -0.25) is 4.79 Å². The number of ether oxygens (including phenoxy) is 2. The van der Waals surface area contributed by atoms with Crippen LogP contribution in [0.15, 0.2) is 78.9 Å². The summed E-state index contributed by atoms with van der Waals surface area (Å²) in [5.74, 6) is 2.41. The lowest BCUT2D eigenvalue weighted by Crippen LogP contribution is -2.44. The Morgan fingerprint density at radius 1 is 0.591 bits per heavy atom. The van der Waals surface area contributed by atoms with Crippen LogP contribution in [0.25, 0.3) is 10.8 Å². The van der Waals surface area contributed by atoms with Crippen LogP contribution in [0.5, 0.6) is 23.0 Å². The van der Waals surface area contributed by atoms with E-state index >= 15 is 0 Å². The van der Waals surface area contributed by atoms with Crippen LogP contribution in [0.4, 0.5) is 0 Å². The van der Waals surface area contributed by atoms with Crippen LogP contribution in [0.2, 0.25) is 36.3 Å². The molecule has 4 rings (SSSR count). The first-order chi connectivity index (χ1) is 20.5. The smallest absolute Gasteiger partial charge is 0.250 e. The summed E-state index contributed by atoms with van der Waals surface area (Å²) in [5.41, 5.74) is 2.54. The van der Waals surface area contributed by atoms with Crippen LogP contribution in [0, 0.1) is 0 Å². The third-order valence-corrected chi connectivity index (χ3v) is 17.8. The Bertz CT molecular complexity index is 1580. The van der Waals surface area contributed by atoms with Crippen molar-refractivity contribution in [3.05, 3.63) is 95.6 Å². The molecule has 4 aromatic rings. The van der Waals surface area contributed by atoms with Gasteiger partial charge in [-0.15, -0.1) is 0 Å². The van der Waals surface area contributed by atoms with Crippen LogP contribution in [0.1, 0.15) is 63.0 Å². The van der Waals surface area contributed by atoms with Gasteiger partial charge in [0, 0.05) is 0 Å². The van der Waals surface area contributed by atoms with Gasteiger partial charge in [0.25, 0.3) is 16.6 Å². The van der Waals surface area contributed by atoms with Crippen LogP contribution in [0.3, 0.4) is 0 Å². The third kappa shape index (κ3) is 7.38. The molecule has 44 heavy (non-hydrogen) atoms.